The Kier molecular flexibility index (Phi) is 11.1. The molecule has 6 atom stereocenters. The SMILES string of the molecule is O=C(COCc1ccccc1)N[C@H]1[C@H]([C@H](O)[C@@H](CO)OS(=O)(=O)O)O[C@@](OCc2ccccc2)(C(=O)O)C[C@@H]1O. The molecule has 3 rings (SSSR count). The maximum absolute atomic E-state index is 12.6. The van der Waals surface area contributed by atoms with Crippen LogP contribution in [0.2, 0.25) is 0 Å². The first-order valence-electron chi connectivity index (χ1n) is 12.1. The Balaban J connectivity index is 1.82. The first-order valence-corrected chi connectivity index (χ1v) is 13.4. The van der Waals surface area contributed by atoms with Gasteiger partial charge in [-0.1, -0.05) is 60.7 Å². The van der Waals surface area contributed by atoms with E-state index in [0.717, 1.165) is 5.56 Å². The van der Waals surface area contributed by atoms with Crippen LogP contribution < -0.4 is 5.32 Å². The summed E-state index contributed by atoms with van der Waals surface area (Å²) in [4.78, 5) is 25.0. The van der Waals surface area contributed by atoms with Crippen molar-refractivity contribution in [2.45, 2.75) is 55.9 Å². The van der Waals surface area contributed by atoms with Gasteiger partial charge >= 0.3 is 16.4 Å². The number of aliphatic hydroxyl groups excluding tert-OH is 3. The first kappa shape index (κ1) is 31.5. The van der Waals surface area contributed by atoms with Crippen molar-refractivity contribution < 1.29 is 61.4 Å². The largest absolute Gasteiger partial charge is 0.477 e. The van der Waals surface area contributed by atoms with Crippen molar-refractivity contribution in [3.8, 4) is 0 Å². The van der Waals surface area contributed by atoms with Crippen LogP contribution in [0.5, 0.6) is 0 Å². The van der Waals surface area contributed by atoms with E-state index in [1.807, 2.05) is 0 Å². The third-order valence-electron chi connectivity index (χ3n) is 6.03. The summed E-state index contributed by atoms with van der Waals surface area (Å²) in [7, 11) is -5.20. The molecular formula is C25H31NO13S. The molecule has 40 heavy (non-hydrogen) atoms. The van der Waals surface area contributed by atoms with Gasteiger partial charge < -0.3 is 40.0 Å². The molecule has 1 amide bonds. The Morgan fingerprint density at radius 2 is 1.62 bits per heavy atom. The lowest BCUT2D eigenvalue weighted by atomic mass is 9.88. The monoisotopic (exact) mass is 585 g/mol. The number of benzene rings is 2. The zero-order valence-corrected chi connectivity index (χ0v) is 21.9. The number of aliphatic carboxylic acids is 1. The number of carbonyl (C=O) groups is 2. The molecule has 0 spiro atoms. The highest BCUT2D eigenvalue weighted by Crippen LogP contribution is 2.34. The summed E-state index contributed by atoms with van der Waals surface area (Å²) in [6, 6.07) is 15.7. The molecule has 14 nitrogen and oxygen atoms in total. The smallest absolute Gasteiger partial charge is 0.397 e. The molecule has 1 aliphatic heterocycles. The molecule has 1 fully saturated rings. The van der Waals surface area contributed by atoms with Crippen LogP contribution in [0, 0.1) is 0 Å². The fourth-order valence-electron chi connectivity index (χ4n) is 4.12. The number of carboxylic acids is 1. The highest BCUT2D eigenvalue weighted by atomic mass is 32.3. The molecular weight excluding hydrogens is 554 g/mol. The molecule has 0 radical (unpaired) electrons. The number of hydrogen-bond acceptors (Lipinski definition) is 11. The lowest BCUT2D eigenvalue weighted by molar-refractivity contribution is -0.314. The van der Waals surface area contributed by atoms with Crippen LogP contribution in [-0.2, 0) is 51.6 Å². The van der Waals surface area contributed by atoms with Crippen molar-refractivity contribution in [2.24, 2.45) is 0 Å². The third-order valence-corrected chi connectivity index (χ3v) is 6.52. The molecule has 220 valence electrons. The van der Waals surface area contributed by atoms with Gasteiger partial charge in [-0.05, 0) is 11.1 Å². The number of amides is 1. The van der Waals surface area contributed by atoms with Gasteiger partial charge in [0, 0.05) is 6.42 Å². The van der Waals surface area contributed by atoms with Gasteiger partial charge in [-0.3, -0.25) is 9.35 Å². The fourth-order valence-corrected chi connectivity index (χ4v) is 4.60. The van der Waals surface area contributed by atoms with Crippen molar-refractivity contribution in [3.63, 3.8) is 0 Å². The number of ether oxygens (including phenoxy) is 3. The van der Waals surface area contributed by atoms with Crippen molar-refractivity contribution >= 4 is 22.3 Å². The molecule has 0 unspecified atom stereocenters. The number of nitrogens with one attached hydrogen (secondary N) is 1. The lowest BCUT2D eigenvalue weighted by Crippen LogP contribution is -2.68. The summed E-state index contributed by atoms with van der Waals surface area (Å²) in [6.07, 6.45) is -8.61. The van der Waals surface area contributed by atoms with Crippen LogP contribution in [0.3, 0.4) is 0 Å². The molecule has 1 aliphatic rings. The maximum atomic E-state index is 12.6. The predicted molar refractivity (Wildman–Crippen MR) is 135 cm³/mol. The second-order valence-corrected chi connectivity index (χ2v) is 10.0. The topological polar surface area (TPSA) is 218 Å². The van der Waals surface area contributed by atoms with Crippen LogP contribution in [0.4, 0.5) is 0 Å². The molecule has 2 aromatic carbocycles. The Labute approximate surface area is 230 Å². The normalized spacial score (nSPS) is 24.6. The number of carbonyl (C=O) groups excluding carboxylic acids is 1. The highest BCUT2D eigenvalue weighted by Gasteiger charge is 2.56. The Bertz CT molecular complexity index is 1210. The third kappa shape index (κ3) is 8.76. The van der Waals surface area contributed by atoms with Gasteiger partial charge in [0.05, 0.1) is 32.0 Å². The summed E-state index contributed by atoms with van der Waals surface area (Å²) >= 11 is 0. The number of aliphatic hydroxyl groups is 3. The summed E-state index contributed by atoms with van der Waals surface area (Å²) < 4.78 is 52.4. The second kappa shape index (κ2) is 14.1. The number of rotatable bonds is 14. The number of hydrogen-bond donors (Lipinski definition) is 6. The molecule has 15 heteroatoms. The maximum Gasteiger partial charge on any atom is 0.397 e. The fraction of sp³-hybridized carbons (Fsp3) is 0.440. The molecule has 0 aromatic heterocycles. The quantitative estimate of drug-likeness (QED) is 0.152. The molecule has 1 heterocycles. The van der Waals surface area contributed by atoms with Crippen LogP contribution in [0.25, 0.3) is 0 Å². The minimum Gasteiger partial charge on any atom is -0.477 e. The van der Waals surface area contributed by atoms with E-state index in [4.69, 9.17) is 18.8 Å². The lowest BCUT2D eigenvalue weighted by Gasteiger charge is -2.46. The molecule has 2 aromatic rings. The molecule has 0 aliphatic carbocycles. The standard InChI is InChI=1S/C25H31NO13S/c27-12-19(39-40(33,34)35)22(30)23-21(26-20(29)15-36-13-16-7-3-1-4-8-16)18(28)11-25(38-23,24(31)32)37-14-17-9-5-2-6-10-17/h1-10,18-19,21-23,27-28,30H,11-15H2,(H,26,29)(H,31,32)(H,33,34,35)/t18-,19+,21+,22+,23+,25+/m0/s1. The first-order chi connectivity index (χ1) is 18.9. The zero-order chi connectivity index (χ0) is 29.3. The van der Waals surface area contributed by atoms with E-state index in [0.29, 0.717) is 5.56 Å². The Morgan fingerprint density at radius 3 is 2.15 bits per heavy atom. The molecule has 6 N–H and O–H groups in total. The summed E-state index contributed by atoms with van der Waals surface area (Å²) in [5.41, 5.74) is 1.33. The van der Waals surface area contributed by atoms with E-state index in [2.05, 4.69) is 9.50 Å². The van der Waals surface area contributed by atoms with Gasteiger partial charge in [0.25, 0.3) is 5.79 Å². The highest BCUT2D eigenvalue weighted by molar-refractivity contribution is 7.80. The van der Waals surface area contributed by atoms with Crippen molar-refractivity contribution in [2.75, 3.05) is 13.2 Å². The second-order valence-electron chi connectivity index (χ2n) is 8.99. The van der Waals surface area contributed by atoms with Gasteiger partial charge in [-0.15, -0.1) is 0 Å². The summed E-state index contributed by atoms with van der Waals surface area (Å²) in [5.74, 6) is -5.04. The Hall–Kier alpha value is -2.99. The van der Waals surface area contributed by atoms with E-state index in [9.17, 15) is 38.4 Å². The van der Waals surface area contributed by atoms with Crippen LogP contribution >= 0.6 is 0 Å². The van der Waals surface area contributed by atoms with Crippen LogP contribution in [-0.4, -0.2) is 94.7 Å². The molecule has 1 saturated heterocycles. The summed E-state index contributed by atoms with van der Waals surface area (Å²) in [5, 5.41) is 43.8. The van der Waals surface area contributed by atoms with Gasteiger partial charge in [0.1, 0.15) is 24.9 Å². The minimum atomic E-state index is -5.20. The van der Waals surface area contributed by atoms with Crippen LogP contribution in [0.15, 0.2) is 60.7 Å². The number of carboxylic acid groups (broad SMARTS) is 1. The van der Waals surface area contributed by atoms with Gasteiger partial charge in [0.15, 0.2) is 0 Å². The van der Waals surface area contributed by atoms with E-state index in [-0.39, 0.29) is 13.2 Å². The van der Waals surface area contributed by atoms with E-state index < -0.39 is 78.2 Å². The molecule has 0 saturated carbocycles. The van der Waals surface area contributed by atoms with Crippen LogP contribution in [0.1, 0.15) is 17.5 Å². The van der Waals surface area contributed by atoms with Crippen molar-refractivity contribution in [1.29, 1.82) is 0 Å². The zero-order valence-electron chi connectivity index (χ0n) is 21.1. The van der Waals surface area contributed by atoms with E-state index >= 15 is 0 Å². The summed E-state index contributed by atoms with van der Waals surface area (Å²) in [6.45, 7) is -1.89. The van der Waals surface area contributed by atoms with Crippen molar-refractivity contribution in [3.05, 3.63) is 71.8 Å². The van der Waals surface area contributed by atoms with E-state index in [1.54, 1.807) is 60.7 Å². The van der Waals surface area contributed by atoms with E-state index in [1.165, 1.54) is 0 Å². The van der Waals surface area contributed by atoms with Crippen molar-refractivity contribution in [1.82, 2.24) is 5.32 Å². The van der Waals surface area contributed by atoms with Gasteiger partial charge in [-0.2, -0.15) is 8.42 Å². The van der Waals surface area contributed by atoms with Gasteiger partial charge in [-0.25, -0.2) is 8.98 Å². The average Bonchev–Trinajstić information content (AvgIpc) is 2.92. The van der Waals surface area contributed by atoms with Gasteiger partial charge in [0.2, 0.25) is 5.91 Å². The Morgan fingerprint density at radius 1 is 1.05 bits per heavy atom. The minimum absolute atomic E-state index is 0.0776. The predicted octanol–water partition coefficient (Wildman–Crippen LogP) is -0.623. The average molecular weight is 586 g/mol. The molecule has 0 bridgehead atoms.